The summed E-state index contributed by atoms with van der Waals surface area (Å²) in [4.78, 5) is 0. The molecule has 0 bridgehead atoms. The Bertz CT molecular complexity index is 534. The van der Waals surface area contributed by atoms with Gasteiger partial charge in [-0.15, -0.1) is 0 Å². The smallest absolute Gasteiger partial charge is 0.217 e. The highest BCUT2D eigenvalue weighted by atomic mass is 32.2. The number of hydrogen-bond donors (Lipinski definition) is 1. The van der Waals surface area contributed by atoms with Crippen molar-refractivity contribution in [1.29, 1.82) is 0 Å². The molecule has 0 radical (unpaired) electrons. The summed E-state index contributed by atoms with van der Waals surface area (Å²) in [5, 5.41) is -0.403. The van der Waals surface area contributed by atoms with E-state index in [1.807, 2.05) is 18.2 Å². The van der Waals surface area contributed by atoms with Gasteiger partial charge in [-0.3, -0.25) is 0 Å². The van der Waals surface area contributed by atoms with E-state index in [4.69, 9.17) is 4.74 Å². The molecule has 1 aromatic rings. The van der Waals surface area contributed by atoms with Gasteiger partial charge in [0.1, 0.15) is 5.25 Å². The summed E-state index contributed by atoms with van der Waals surface area (Å²) in [6.45, 7) is 5.54. The van der Waals surface area contributed by atoms with Crippen molar-refractivity contribution in [2.45, 2.75) is 38.5 Å². The topological polar surface area (TPSA) is 55.4 Å². The van der Waals surface area contributed by atoms with Gasteiger partial charge in [-0.2, -0.15) is 0 Å². The summed E-state index contributed by atoms with van der Waals surface area (Å²) in [5.74, 6) is 0.552. The summed E-state index contributed by atoms with van der Waals surface area (Å²) >= 11 is 0. The molecule has 1 atom stereocenters. The Kier molecular flexibility index (Phi) is 5.18. The zero-order valence-corrected chi connectivity index (χ0v) is 12.9. The van der Waals surface area contributed by atoms with Gasteiger partial charge in [0.25, 0.3) is 0 Å². The highest BCUT2D eigenvalue weighted by Crippen LogP contribution is 2.16. The third kappa shape index (κ3) is 4.04. The fourth-order valence-electron chi connectivity index (χ4n) is 2.42. The molecule has 1 aromatic carbocycles. The minimum atomic E-state index is -3.28. The van der Waals surface area contributed by atoms with E-state index in [0.29, 0.717) is 32.1 Å². The lowest BCUT2D eigenvalue weighted by molar-refractivity contribution is 0.198. The minimum absolute atomic E-state index is 0.309. The molecule has 1 heterocycles. The Balaban J connectivity index is 2.03. The molecule has 1 aliphatic rings. The van der Waals surface area contributed by atoms with E-state index in [1.165, 1.54) is 5.56 Å². The van der Waals surface area contributed by atoms with Gasteiger partial charge in [-0.1, -0.05) is 38.1 Å². The van der Waals surface area contributed by atoms with Crippen LogP contribution in [-0.4, -0.2) is 26.9 Å². The monoisotopic (exact) mass is 297 g/mol. The highest BCUT2D eigenvalue weighted by molar-refractivity contribution is 7.90. The lowest BCUT2D eigenvalue weighted by Gasteiger charge is -2.14. The third-order valence-electron chi connectivity index (χ3n) is 3.54. The fraction of sp³-hybridized carbons (Fsp3) is 0.600. The number of sulfonamides is 1. The molecule has 2 rings (SSSR count). The van der Waals surface area contributed by atoms with Gasteiger partial charge < -0.3 is 4.74 Å². The predicted molar refractivity (Wildman–Crippen MR) is 80.0 cm³/mol. The first-order valence-electron chi connectivity index (χ1n) is 7.12. The molecular formula is C15H23NO3S. The van der Waals surface area contributed by atoms with Gasteiger partial charge >= 0.3 is 0 Å². The average Bonchev–Trinajstić information content (AvgIpc) is 2.92. The molecule has 0 spiro atoms. The molecule has 0 aliphatic carbocycles. The number of rotatable bonds is 6. The number of nitrogens with one attached hydrogen (secondary N) is 1. The molecule has 1 saturated heterocycles. The second kappa shape index (κ2) is 6.70. The SMILES string of the molecule is CC(C)Cc1ccccc1CNS(=O)(=O)C1CCOC1. The maximum Gasteiger partial charge on any atom is 0.217 e. The summed E-state index contributed by atoms with van der Waals surface area (Å²) in [5.41, 5.74) is 2.27. The van der Waals surface area contributed by atoms with E-state index in [1.54, 1.807) is 0 Å². The Morgan fingerprint density at radius 3 is 2.60 bits per heavy atom. The Hall–Kier alpha value is -0.910. The number of ether oxygens (including phenoxy) is 1. The van der Waals surface area contributed by atoms with Crippen LogP contribution in [0.5, 0.6) is 0 Å². The van der Waals surface area contributed by atoms with Crippen molar-refractivity contribution in [3.05, 3.63) is 35.4 Å². The molecule has 0 aromatic heterocycles. The van der Waals surface area contributed by atoms with Crippen LogP contribution >= 0.6 is 0 Å². The van der Waals surface area contributed by atoms with Crippen molar-refractivity contribution in [2.75, 3.05) is 13.2 Å². The molecule has 1 unspecified atom stereocenters. The van der Waals surface area contributed by atoms with E-state index < -0.39 is 15.3 Å². The molecule has 20 heavy (non-hydrogen) atoms. The Morgan fingerprint density at radius 1 is 1.30 bits per heavy atom. The Morgan fingerprint density at radius 2 is 2.00 bits per heavy atom. The maximum absolute atomic E-state index is 12.1. The van der Waals surface area contributed by atoms with E-state index in [-0.39, 0.29) is 0 Å². The van der Waals surface area contributed by atoms with Crippen LogP contribution in [0.1, 0.15) is 31.4 Å². The molecule has 4 nitrogen and oxygen atoms in total. The van der Waals surface area contributed by atoms with Gasteiger partial charge in [0, 0.05) is 13.2 Å². The summed E-state index contributed by atoms with van der Waals surface area (Å²) < 4.78 is 32.2. The third-order valence-corrected chi connectivity index (χ3v) is 5.33. The standard InChI is InChI=1S/C15H23NO3S/c1-12(2)9-13-5-3-4-6-14(13)10-16-20(17,18)15-7-8-19-11-15/h3-6,12,15-16H,7-11H2,1-2H3. The maximum atomic E-state index is 12.1. The Labute approximate surface area is 121 Å². The molecule has 5 heteroatoms. The molecule has 0 amide bonds. The second-order valence-corrected chi connectivity index (χ2v) is 7.76. The fourth-order valence-corrected chi connectivity index (χ4v) is 3.70. The van der Waals surface area contributed by atoms with E-state index in [0.717, 1.165) is 12.0 Å². The summed E-state index contributed by atoms with van der Waals surface area (Å²) in [6, 6.07) is 8.01. The van der Waals surface area contributed by atoms with Gasteiger partial charge in [0.05, 0.1) is 6.61 Å². The minimum Gasteiger partial charge on any atom is -0.380 e. The molecule has 1 N–H and O–H groups in total. The quantitative estimate of drug-likeness (QED) is 0.875. The number of hydrogen-bond acceptors (Lipinski definition) is 3. The highest BCUT2D eigenvalue weighted by Gasteiger charge is 2.29. The lowest BCUT2D eigenvalue weighted by Crippen LogP contribution is -2.34. The lowest BCUT2D eigenvalue weighted by atomic mass is 9.98. The van der Waals surface area contributed by atoms with Gasteiger partial charge in [0.2, 0.25) is 10.0 Å². The van der Waals surface area contributed by atoms with Crippen LogP contribution in [0.15, 0.2) is 24.3 Å². The predicted octanol–water partition coefficient (Wildman–Crippen LogP) is 2.09. The number of benzene rings is 1. The average molecular weight is 297 g/mol. The van der Waals surface area contributed by atoms with Crippen LogP contribution in [-0.2, 0) is 27.7 Å². The van der Waals surface area contributed by atoms with Crippen LogP contribution < -0.4 is 4.72 Å². The molecule has 1 aliphatic heterocycles. The summed E-state index contributed by atoms with van der Waals surface area (Å²) in [7, 11) is -3.28. The van der Waals surface area contributed by atoms with Crippen molar-refractivity contribution in [1.82, 2.24) is 4.72 Å². The first-order chi connectivity index (χ1) is 9.49. The van der Waals surface area contributed by atoms with Gasteiger partial charge in [-0.05, 0) is 29.9 Å². The molecule has 0 saturated carbocycles. The summed E-state index contributed by atoms with van der Waals surface area (Å²) in [6.07, 6.45) is 1.55. The van der Waals surface area contributed by atoms with Crippen LogP contribution in [0.2, 0.25) is 0 Å². The molecule has 1 fully saturated rings. The van der Waals surface area contributed by atoms with Crippen LogP contribution in [0.25, 0.3) is 0 Å². The van der Waals surface area contributed by atoms with Crippen LogP contribution in [0.3, 0.4) is 0 Å². The normalized spacial score (nSPS) is 19.6. The van der Waals surface area contributed by atoms with Gasteiger partial charge in [-0.25, -0.2) is 13.1 Å². The largest absolute Gasteiger partial charge is 0.380 e. The second-order valence-electron chi connectivity index (χ2n) is 5.72. The molecular weight excluding hydrogens is 274 g/mol. The first kappa shape index (κ1) is 15.5. The van der Waals surface area contributed by atoms with Gasteiger partial charge in [0.15, 0.2) is 0 Å². The van der Waals surface area contributed by atoms with Crippen LogP contribution in [0.4, 0.5) is 0 Å². The van der Waals surface area contributed by atoms with Crippen molar-refractivity contribution < 1.29 is 13.2 Å². The van der Waals surface area contributed by atoms with E-state index in [9.17, 15) is 8.42 Å². The van der Waals surface area contributed by atoms with E-state index in [2.05, 4.69) is 24.6 Å². The van der Waals surface area contributed by atoms with Crippen molar-refractivity contribution in [3.8, 4) is 0 Å². The van der Waals surface area contributed by atoms with Crippen molar-refractivity contribution >= 4 is 10.0 Å². The van der Waals surface area contributed by atoms with Crippen molar-refractivity contribution in [2.24, 2.45) is 5.92 Å². The zero-order valence-electron chi connectivity index (χ0n) is 12.1. The molecule has 112 valence electrons. The van der Waals surface area contributed by atoms with E-state index >= 15 is 0 Å². The first-order valence-corrected chi connectivity index (χ1v) is 8.66. The van der Waals surface area contributed by atoms with Crippen LogP contribution in [0, 0.1) is 5.92 Å². The van der Waals surface area contributed by atoms with Crippen molar-refractivity contribution in [3.63, 3.8) is 0 Å². The zero-order chi connectivity index (χ0) is 14.6.